The number of nitrogens with one attached hydrogen (secondary N) is 1. The Balaban J connectivity index is 2.21. The van der Waals surface area contributed by atoms with Crippen LogP contribution in [0.1, 0.15) is 31.6 Å². The number of aliphatic imine (C=N–C) groups is 1. The maximum Gasteiger partial charge on any atom is 0.243 e. The van der Waals surface area contributed by atoms with Crippen molar-refractivity contribution < 1.29 is 27.4 Å². The third-order valence-electron chi connectivity index (χ3n) is 5.70. The lowest BCUT2D eigenvalue weighted by Gasteiger charge is -2.22. The lowest BCUT2D eigenvalue weighted by molar-refractivity contribution is 0.0950. The number of hydrogen-bond donors (Lipinski definition) is 1. The fourth-order valence-electron chi connectivity index (χ4n) is 3.67. The van der Waals surface area contributed by atoms with Gasteiger partial charge in [0.2, 0.25) is 21.9 Å². The van der Waals surface area contributed by atoms with E-state index in [1.165, 1.54) is 58.4 Å². The van der Waals surface area contributed by atoms with Crippen molar-refractivity contribution in [2.24, 2.45) is 4.99 Å². The molecule has 214 valence electrons. The summed E-state index contributed by atoms with van der Waals surface area (Å²) in [4.78, 5) is 12.7. The fourth-order valence-corrected chi connectivity index (χ4v) is 4.90. The van der Waals surface area contributed by atoms with Gasteiger partial charge in [0.15, 0.2) is 11.6 Å². The molecule has 0 bridgehead atoms. The lowest BCUT2D eigenvalue weighted by atomic mass is 10.2. The predicted octanol–water partition coefficient (Wildman–Crippen LogP) is 3.73. The summed E-state index contributed by atoms with van der Waals surface area (Å²) in [5.41, 5.74) is 0.550. The molecule has 0 saturated heterocycles. The number of ether oxygens (including phenoxy) is 4. The van der Waals surface area contributed by atoms with Gasteiger partial charge in [-0.2, -0.15) is 0 Å². The molecule has 40 heavy (non-hydrogen) atoms. The molecule has 3 aromatic rings. The molecule has 0 unspecified atom stereocenters. The first-order chi connectivity index (χ1) is 19.1. The Hall–Kier alpha value is -4.01. The van der Waals surface area contributed by atoms with Crippen LogP contribution in [0.3, 0.4) is 0 Å². The zero-order valence-corrected chi connectivity index (χ0v) is 24.4. The molecule has 0 aliphatic carbocycles. The molecule has 0 aliphatic rings. The van der Waals surface area contributed by atoms with Gasteiger partial charge in [0, 0.05) is 19.5 Å². The van der Waals surface area contributed by atoms with E-state index in [0.717, 1.165) is 0 Å². The van der Waals surface area contributed by atoms with Gasteiger partial charge in [-0.1, -0.05) is 24.2 Å². The first-order valence-electron chi connectivity index (χ1n) is 11.8. The Morgan fingerprint density at radius 2 is 1.75 bits per heavy atom. The standard InChI is InChI=1S/C25H30ClN7O6S/c1-8-17(29-20(9-2)38-6)24-30-31-25(33(24)21-18(36-4)11-10-12-19(21)37-5)32-40(34,35)15(3)22(39-7)23-27-13-16(26)14-28-23/h8-15,22H,1H2,2-7H3,(H,31,32)/b20-9+,29-17+/t15-,22+/m1/s1. The topological polar surface area (TPSA) is 152 Å². The molecule has 15 heteroatoms. The number of benzene rings is 1. The van der Waals surface area contributed by atoms with E-state index in [2.05, 4.69) is 36.5 Å². The molecule has 0 radical (unpaired) electrons. The Morgan fingerprint density at radius 1 is 1.12 bits per heavy atom. The van der Waals surface area contributed by atoms with Crippen LogP contribution in [0.5, 0.6) is 11.5 Å². The van der Waals surface area contributed by atoms with Gasteiger partial charge in [-0.15, -0.1) is 10.2 Å². The number of methoxy groups -OCH3 is 4. The average Bonchev–Trinajstić information content (AvgIpc) is 3.36. The molecule has 1 N–H and O–H groups in total. The number of anilines is 1. The summed E-state index contributed by atoms with van der Waals surface area (Å²) in [5, 5.41) is 7.49. The highest BCUT2D eigenvalue weighted by Gasteiger charge is 2.35. The van der Waals surface area contributed by atoms with Crippen molar-refractivity contribution in [1.82, 2.24) is 24.7 Å². The molecule has 2 atom stereocenters. The first kappa shape index (κ1) is 30.5. The highest BCUT2D eigenvalue weighted by Crippen LogP contribution is 2.36. The van der Waals surface area contributed by atoms with E-state index in [-0.39, 0.29) is 29.2 Å². The van der Waals surface area contributed by atoms with E-state index in [9.17, 15) is 8.42 Å². The fraction of sp³-hybridized carbons (Fsp3) is 0.320. The molecule has 2 heterocycles. The largest absolute Gasteiger partial charge is 0.494 e. The van der Waals surface area contributed by atoms with Gasteiger partial charge < -0.3 is 18.9 Å². The van der Waals surface area contributed by atoms with Crippen LogP contribution in [0, 0.1) is 0 Å². The highest BCUT2D eigenvalue weighted by molar-refractivity contribution is 7.93. The van der Waals surface area contributed by atoms with Crippen molar-refractivity contribution in [3.63, 3.8) is 0 Å². The Labute approximate surface area is 237 Å². The van der Waals surface area contributed by atoms with E-state index in [4.69, 9.17) is 30.5 Å². The second kappa shape index (κ2) is 13.4. The van der Waals surface area contributed by atoms with Crippen molar-refractivity contribution in [2.45, 2.75) is 25.2 Å². The van der Waals surface area contributed by atoms with Crippen LogP contribution in [0.4, 0.5) is 5.95 Å². The first-order valence-corrected chi connectivity index (χ1v) is 13.7. The normalized spacial score (nSPS) is 13.9. The van der Waals surface area contributed by atoms with Gasteiger partial charge in [-0.3, -0.25) is 9.29 Å². The van der Waals surface area contributed by atoms with Gasteiger partial charge in [0.25, 0.3) is 0 Å². The minimum Gasteiger partial charge on any atom is -0.494 e. The summed E-state index contributed by atoms with van der Waals surface area (Å²) in [5.74, 6) is 1.06. The number of rotatable bonds is 13. The van der Waals surface area contributed by atoms with Gasteiger partial charge >= 0.3 is 0 Å². The van der Waals surface area contributed by atoms with Crippen molar-refractivity contribution in [3.05, 3.63) is 71.9 Å². The van der Waals surface area contributed by atoms with E-state index in [1.807, 2.05) is 0 Å². The maximum absolute atomic E-state index is 13.7. The van der Waals surface area contributed by atoms with Crippen LogP contribution in [0.25, 0.3) is 5.69 Å². The van der Waals surface area contributed by atoms with Crippen LogP contribution < -0.4 is 14.2 Å². The molecule has 0 spiro atoms. The van der Waals surface area contributed by atoms with E-state index < -0.39 is 21.4 Å². The molecular formula is C25H30ClN7O6S. The minimum absolute atomic E-state index is 0.129. The van der Waals surface area contributed by atoms with Crippen molar-refractivity contribution in [2.75, 3.05) is 33.2 Å². The Morgan fingerprint density at radius 3 is 2.25 bits per heavy atom. The maximum atomic E-state index is 13.7. The molecule has 0 fully saturated rings. The second-order valence-electron chi connectivity index (χ2n) is 7.99. The number of hydrogen-bond acceptors (Lipinski definition) is 11. The summed E-state index contributed by atoms with van der Waals surface area (Å²) in [6, 6.07) is 5.08. The van der Waals surface area contributed by atoms with Gasteiger partial charge in [-0.05, 0) is 38.1 Å². The van der Waals surface area contributed by atoms with E-state index in [0.29, 0.717) is 22.2 Å². The summed E-state index contributed by atoms with van der Waals surface area (Å²) in [7, 11) is 1.56. The number of aromatic nitrogens is 5. The van der Waals surface area contributed by atoms with Crippen LogP contribution >= 0.6 is 11.6 Å². The third-order valence-corrected chi connectivity index (χ3v) is 7.58. The lowest BCUT2D eigenvalue weighted by Crippen LogP contribution is -2.33. The van der Waals surface area contributed by atoms with Crippen molar-refractivity contribution in [1.29, 1.82) is 0 Å². The number of para-hydroxylation sites is 1. The summed E-state index contributed by atoms with van der Waals surface area (Å²) >= 11 is 5.89. The zero-order valence-electron chi connectivity index (χ0n) is 22.8. The monoisotopic (exact) mass is 591 g/mol. The number of allylic oxidation sites excluding steroid dienone is 2. The number of sulfonamides is 1. The summed E-state index contributed by atoms with van der Waals surface area (Å²) in [6.07, 6.45) is 4.76. The highest BCUT2D eigenvalue weighted by atomic mass is 35.5. The van der Waals surface area contributed by atoms with Crippen LogP contribution in [0.15, 0.2) is 60.2 Å². The number of nitrogens with zero attached hydrogens (tertiary/aromatic N) is 6. The molecule has 2 aromatic heterocycles. The molecule has 0 aliphatic heterocycles. The predicted molar refractivity (Wildman–Crippen MR) is 151 cm³/mol. The van der Waals surface area contributed by atoms with Crippen molar-refractivity contribution >= 4 is 33.3 Å². The van der Waals surface area contributed by atoms with Crippen LogP contribution in [-0.4, -0.2) is 72.6 Å². The Kier molecular flexibility index (Phi) is 10.2. The van der Waals surface area contributed by atoms with E-state index >= 15 is 0 Å². The average molecular weight is 592 g/mol. The smallest absolute Gasteiger partial charge is 0.243 e. The van der Waals surface area contributed by atoms with Crippen molar-refractivity contribution in [3.8, 4) is 17.2 Å². The van der Waals surface area contributed by atoms with Gasteiger partial charge in [0.05, 0.1) is 26.4 Å². The molecule has 3 rings (SSSR count). The molecule has 1 aromatic carbocycles. The van der Waals surface area contributed by atoms with E-state index in [1.54, 1.807) is 31.2 Å². The van der Waals surface area contributed by atoms with Gasteiger partial charge in [0.1, 0.15) is 34.3 Å². The Bertz CT molecular complexity index is 1480. The van der Waals surface area contributed by atoms with Crippen LogP contribution in [0.2, 0.25) is 5.02 Å². The van der Waals surface area contributed by atoms with Gasteiger partial charge in [-0.25, -0.2) is 23.4 Å². The quantitative estimate of drug-likeness (QED) is 0.230. The third kappa shape index (κ3) is 6.41. The molecule has 0 saturated carbocycles. The SMILES string of the molecule is C=C/C(=N\C(=C/C)OC)c1nnc(NS(=O)(=O)[C@H](C)[C@H](OC)c2ncc(Cl)cn2)n1-c1c(OC)cccc1OC. The molecular weight excluding hydrogens is 562 g/mol. The second-order valence-corrected chi connectivity index (χ2v) is 10.5. The molecule has 13 nitrogen and oxygen atoms in total. The summed E-state index contributed by atoms with van der Waals surface area (Å²) < 4.78 is 53.1. The number of halogens is 1. The zero-order chi connectivity index (χ0) is 29.4. The summed E-state index contributed by atoms with van der Waals surface area (Å²) in [6.45, 7) is 7.03. The minimum atomic E-state index is -4.20. The van der Waals surface area contributed by atoms with Crippen LogP contribution in [-0.2, 0) is 19.5 Å². The molecule has 0 amide bonds.